The van der Waals surface area contributed by atoms with Crippen LogP contribution in [0.5, 0.6) is 0 Å². The second kappa shape index (κ2) is 22.5. The first-order valence-electron chi connectivity index (χ1n) is 3.60. The third-order valence-corrected chi connectivity index (χ3v) is 0.477. The molecule has 0 radical (unpaired) electrons. The van der Waals surface area contributed by atoms with Crippen LogP contribution in [0.3, 0.4) is 0 Å². The minimum absolute atomic E-state index is 0. The first-order chi connectivity index (χ1) is 5.95. The smallest absolute Gasteiger partial charge is 0.327 e. The Morgan fingerprint density at radius 1 is 1.29 bits per heavy atom. The van der Waals surface area contributed by atoms with Crippen molar-refractivity contribution in [3.05, 3.63) is 25.3 Å². The van der Waals surface area contributed by atoms with Gasteiger partial charge in [-0.05, 0) is 6.92 Å². The highest BCUT2D eigenvalue weighted by atomic mass is 16.4. The fourth-order valence-corrected chi connectivity index (χ4v) is 0. The molecule has 4 N–H and O–H groups in total. The van der Waals surface area contributed by atoms with Gasteiger partial charge in [-0.25, -0.2) is 4.79 Å². The lowest BCUT2D eigenvalue weighted by Crippen LogP contribution is -1.86. The molecule has 0 heterocycles. The first kappa shape index (κ1) is 22.8. The number of rotatable bonds is 2. The van der Waals surface area contributed by atoms with Gasteiger partial charge in [-0.15, -0.1) is 6.58 Å². The third-order valence-electron chi connectivity index (χ3n) is 0.477. The lowest BCUT2D eigenvalue weighted by atomic mass is 10.5. The summed E-state index contributed by atoms with van der Waals surface area (Å²) in [4.78, 5) is 18.6. The molecule has 0 atom stereocenters. The summed E-state index contributed by atoms with van der Waals surface area (Å²) in [6.45, 7) is 9.81. The van der Waals surface area contributed by atoms with Crippen LogP contribution < -0.4 is 0 Å². The molecule has 0 rings (SSSR count). The van der Waals surface area contributed by atoms with Gasteiger partial charge in [0.1, 0.15) is 0 Å². The Bertz CT molecular complexity index is 163. The lowest BCUT2D eigenvalue weighted by molar-refractivity contribution is -0.136. The molecule has 0 aromatic carbocycles. The zero-order chi connectivity index (χ0) is 11.3. The third kappa shape index (κ3) is 161. The number of aliphatic carboxylic acids is 2. The quantitative estimate of drug-likeness (QED) is 0.521. The van der Waals surface area contributed by atoms with Gasteiger partial charge >= 0.3 is 11.9 Å². The molecule has 5 nitrogen and oxygen atoms in total. The zero-order valence-electron chi connectivity index (χ0n) is 8.49. The molecular weight excluding hydrogens is 188 g/mol. The number of hydrogen-bond acceptors (Lipinski definition) is 2. The van der Waals surface area contributed by atoms with Gasteiger partial charge in [0.15, 0.2) is 0 Å². The van der Waals surface area contributed by atoms with Gasteiger partial charge < -0.3 is 15.7 Å². The van der Waals surface area contributed by atoms with E-state index < -0.39 is 11.9 Å². The molecule has 0 aromatic heterocycles. The molecule has 0 aliphatic rings. The van der Waals surface area contributed by atoms with Crippen molar-refractivity contribution in [1.82, 2.24) is 0 Å². The van der Waals surface area contributed by atoms with E-state index in [0.717, 1.165) is 6.08 Å². The van der Waals surface area contributed by atoms with Gasteiger partial charge in [-0.2, -0.15) is 0 Å². The van der Waals surface area contributed by atoms with Crippen LogP contribution in [-0.2, 0) is 9.59 Å². The topological polar surface area (TPSA) is 106 Å². The number of carbonyl (C=O) groups is 2. The van der Waals surface area contributed by atoms with Gasteiger partial charge in [-0.1, -0.05) is 19.6 Å². The predicted octanol–water partition coefficient (Wildman–Crippen LogP) is 1.11. The lowest BCUT2D eigenvalue weighted by Gasteiger charge is -1.71. The largest absolute Gasteiger partial charge is 0.481 e. The van der Waals surface area contributed by atoms with E-state index in [4.69, 9.17) is 10.2 Å². The Balaban J connectivity index is -0.0000000535. The highest BCUT2D eigenvalue weighted by molar-refractivity contribution is 5.78. The average molecular weight is 206 g/mol. The molecule has 84 valence electrons. The fourth-order valence-electron chi connectivity index (χ4n) is 0. The molecule has 0 aromatic rings. The molecule has 0 saturated heterocycles. The normalized spacial score (nSPS) is 5.86. The van der Waals surface area contributed by atoms with Crippen LogP contribution in [0.1, 0.15) is 20.3 Å². The number of carboxylic acids is 2. The summed E-state index contributed by atoms with van der Waals surface area (Å²) in [5, 5.41) is 15.3. The molecule has 0 bridgehead atoms. The average Bonchev–Trinajstić information content (AvgIpc) is 2.07. The summed E-state index contributed by atoms with van der Waals surface area (Å²) in [6, 6.07) is 0. The number of allylic oxidation sites excluding steroid dienone is 1. The van der Waals surface area contributed by atoms with Gasteiger partial charge in [-0.3, -0.25) is 4.79 Å². The molecule has 0 unspecified atom stereocenters. The molecule has 0 saturated carbocycles. The minimum Gasteiger partial charge on any atom is -0.481 e. The van der Waals surface area contributed by atoms with Crippen LogP contribution in [0, 0.1) is 0 Å². The minimum atomic E-state index is -0.981. The summed E-state index contributed by atoms with van der Waals surface area (Å²) in [6.07, 6.45) is 2.81. The van der Waals surface area contributed by atoms with E-state index in [1.165, 1.54) is 0 Å². The Hall–Kier alpha value is -1.62. The van der Waals surface area contributed by atoms with Crippen LogP contribution in [-0.4, -0.2) is 27.6 Å². The fraction of sp³-hybridized carbons (Fsp3) is 0.333. The zero-order valence-corrected chi connectivity index (χ0v) is 8.49. The molecule has 0 amide bonds. The second-order valence-electron chi connectivity index (χ2n) is 1.70. The second-order valence-corrected chi connectivity index (χ2v) is 1.70. The highest BCUT2D eigenvalue weighted by Crippen LogP contribution is 1.67. The van der Waals surface area contributed by atoms with Crippen LogP contribution in [0.25, 0.3) is 0 Å². The van der Waals surface area contributed by atoms with Crippen molar-refractivity contribution in [2.75, 3.05) is 0 Å². The van der Waals surface area contributed by atoms with Crippen molar-refractivity contribution in [2.45, 2.75) is 20.3 Å². The van der Waals surface area contributed by atoms with Crippen molar-refractivity contribution in [3.8, 4) is 0 Å². The van der Waals surface area contributed by atoms with Crippen LogP contribution in [0.2, 0.25) is 0 Å². The first-order valence-corrected chi connectivity index (χ1v) is 3.60. The van der Waals surface area contributed by atoms with Crippen molar-refractivity contribution in [3.63, 3.8) is 0 Å². The van der Waals surface area contributed by atoms with E-state index in [1.807, 2.05) is 6.92 Å². The van der Waals surface area contributed by atoms with E-state index in [-0.39, 0.29) is 11.9 Å². The van der Waals surface area contributed by atoms with Crippen molar-refractivity contribution in [2.24, 2.45) is 0 Å². The highest BCUT2D eigenvalue weighted by Gasteiger charge is 1.80. The summed E-state index contributed by atoms with van der Waals surface area (Å²) in [5.74, 6) is -1.73. The Morgan fingerprint density at radius 3 is 1.43 bits per heavy atom. The number of hydrogen-bond donors (Lipinski definition) is 2. The summed E-state index contributed by atoms with van der Waals surface area (Å²) < 4.78 is 0. The summed E-state index contributed by atoms with van der Waals surface area (Å²) in [7, 11) is 0. The van der Waals surface area contributed by atoms with E-state index in [1.54, 1.807) is 13.0 Å². The SMILES string of the molecule is C=CC.C=CC(=O)O.CCC(=O)O.O. The maximum atomic E-state index is 9.37. The molecule has 0 spiro atoms. The van der Waals surface area contributed by atoms with E-state index in [9.17, 15) is 9.59 Å². The van der Waals surface area contributed by atoms with Crippen LogP contribution in [0.15, 0.2) is 25.3 Å². The predicted molar refractivity (Wildman–Crippen MR) is 55.2 cm³/mol. The summed E-state index contributed by atoms with van der Waals surface area (Å²) in [5.41, 5.74) is 0. The van der Waals surface area contributed by atoms with Gasteiger partial charge in [0.2, 0.25) is 0 Å². The van der Waals surface area contributed by atoms with Gasteiger partial charge in [0, 0.05) is 12.5 Å². The van der Waals surface area contributed by atoms with Gasteiger partial charge in [0.25, 0.3) is 0 Å². The molecule has 0 aliphatic heterocycles. The molecule has 5 heteroatoms. The molecule has 0 fully saturated rings. The standard InChI is InChI=1S/C3H6O2.C3H4O2.C3H6.H2O/c2*1-2-3(4)5;1-3-2;/h2H2,1H3,(H,4,5);2H,1H2,(H,4,5);3H,1H2,2H3;1H2. The maximum Gasteiger partial charge on any atom is 0.327 e. The summed E-state index contributed by atoms with van der Waals surface area (Å²) >= 11 is 0. The van der Waals surface area contributed by atoms with E-state index >= 15 is 0 Å². The van der Waals surface area contributed by atoms with E-state index in [2.05, 4.69) is 13.2 Å². The number of carboxylic acid groups (broad SMARTS) is 2. The van der Waals surface area contributed by atoms with Crippen molar-refractivity contribution >= 4 is 11.9 Å². The molecule has 0 aliphatic carbocycles. The van der Waals surface area contributed by atoms with E-state index in [0.29, 0.717) is 0 Å². The monoisotopic (exact) mass is 206 g/mol. The molecule has 14 heavy (non-hydrogen) atoms. The van der Waals surface area contributed by atoms with Crippen LogP contribution >= 0.6 is 0 Å². The Morgan fingerprint density at radius 2 is 1.43 bits per heavy atom. The maximum absolute atomic E-state index is 9.37. The van der Waals surface area contributed by atoms with Crippen LogP contribution in [0.4, 0.5) is 0 Å². The molecular formula is C9H18O5. The van der Waals surface area contributed by atoms with Crippen molar-refractivity contribution in [1.29, 1.82) is 0 Å². The van der Waals surface area contributed by atoms with Gasteiger partial charge in [0.05, 0.1) is 0 Å². The van der Waals surface area contributed by atoms with Crippen molar-refractivity contribution < 1.29 is 25.3 Å². The Kier molecular flexibility index (Phi) is 36.7. The Labute approximate surface area is 83.7 Å².